The number of rotatable bonds is 6. The summed E-state index contributed by atoms with van der Waals surface area (Å²) in [6.07, 6.45) is 3.09. The first-order valence-corrected chi connectivity index (χ1v) is 12.8. The molecule has 0 radical (unpaired) electrons. The summed E-state index contributed by atoms with van der Waals surface area (Å²) in [6, 6.07) is 8.60. The fraction of sp³-hybridized carbons (Fsp3) is 0.480. The number of amides is 1. The van der Waals surface area contributed by atoms with Gasteiger partial charge in [-0.3, -0.25) is 9.30 Å². The number of hydrogen-bond acceptors (Lipinski definition) is 7. The molecule has 0 spiro atoms. The van der Waals surface area contributed by atoms with Crippen molar-refractivity contribution >= 4 is 44.9 Å². The van der Waals surface area contributed by atoms with E-state index in [1.165, 1.54) is 4.90 Å². The number of anilines is 3. The molecular weight excluding hydrogens is 512 g/mol. The van der Waals surface area contributed by atoms with Crippen LogP contribution >= 0.6 is 15.9 Å². The van der Waals surface area contributed by atoms with Crippen molar-refractivity contribution in [1.29, 1.82) is 0 Å². The van der Waals surface area contributed by atoms with Crippen LogP contribution in [0.1, 0.15) is 19.5 Å². The Morgan fingerprint density at radius 1 is 1.20 bits per heavy atom. The van der Waals surface area contributed by atoms with Crippen LogP contribution in [0.4, 0.5) is 22.0 Å². The first kappa shape index (κ1) is 24.0. The number of aromatic nitrogens is 3. The SMILES string of the molecule is Cc1c(Br)nc(N(C(=O)OCC(C)C)c2ccc(N3CCN(C4COC4)CC3)cc2)c2nccn12. The standard InChI is InChI=1S/C25H31BrN6O3/c1-17(2)14-35-25(33)32(24-23-27-8-9-31(23)18(3)22(26)28-24)20-6-4-19(5-7-20)29-10-12-30(13-11-29)21-15-34-16-21/h4-9,17,21H,10-16H2,1-3H3. The summed E-state index contributed by atoms with van der Waals surface area (Å²) in [5.74, 6) is 0.641. The Labute approximate surface area is 213 Å². The number of piperazine rings is 1. The lowest BCUT2D eigenvalue weighted by molar-refractivity contribution is -0.0660. The van der Waals surface area contributed by atoms with E-state index in [2.05, 4.69) is 47.8 Å². The van der Waals surface area contributed by atoms with Gasteiger partial charge in [-0.15, -0.1) is 0 Å². The van der Waals surface area contributed by atoms with Crippen LogP contribution in [0.25, 0.3) is 5.65 Å². The molecule has 10 heteroatoms. The van der Waals surface area contributed by atoms with Crippen LogP contribution in [0.5, 0.6) is 0 Å². The molecule has 0 bridgehead atoms. The zero-order valence-corrected chi connectivity index (χ0v) is 21.9. The fourth-order valence-corrected chi connectivity index (χ4v) is 4.78. The van der Waals surface area contributed by atoms with Crippen LogP contribution in [0, 0.1) is 12.8 Å². The molecule has 1 aromatic carbocycles. The van der Waals surface area contributed by atoms with Crippen molar-refractivity contribution in [2.75, 3.05) is 55.8 Å². The number of hydrogen-bond donors (Lipinski definition) is 0. The third-order valence-corrected chi connectivity index (χ3v) is 7.31. The van der Waals surface area contributed by atoms with E-state index in [9.17, 15) is 4.79 Å². The lowest BCUT2D eigenvalue weighted by Gasteiger charge is -2.43. The molecule has 186 valence electrons. The van der Waals surface area contributed by atoms with Gasteiger partial charge in [-0.1, -0.05) is 13.8 Å². The molecule has 0 saturated carbocycles. The molecule has 0 unspecified atom stereocenters. The Bertz CT molecular complexity index is 1190. The minimum Gasteiger partial charge on any atom is -0.449 e. The molecule has 4 heterocycles. The number of benzene rings is 1. The summed E-state index contributed by atoms with van der Waals surface area (Å²) in [6.45, 7) is 12.0. The van der Waals surface area contributed by atoms with Gasteiger partial charge in [0, 0.05) is 44.3 Å². The number of aryl methyl sites for hydroxylation is 1. The molecule has 0 N–H and O–H groups in total. The third-order valence-electron chi connectivity index (χ3n) is 6.56. The lowest BCUT2D eigenvalue weighted by atomic mass is 10.1. The van der Waals surface area contributed by atoms with Gasteiger partial charge in [0.05, 0.1) is 37.2 Å². The predicted octanol–water partition coefficient (Wildman–Crippen LogP) is 4.25. The van der Waals surface area contributed by atoms with E-state index in [-0.39, 0.29) is 5.92 Å². The highest BCUT2D eigenvalue weighted by molar-refractivity contribution is 9.10. The highest BCUT2D eigenvalue weighted by Crippen LogP contribution is 2.32. The Kier molecular flexibility index (Phi) is 6.95. The van der Waals surface area contributed by atoms with Crippen molar-refractivity contribution in [2.24, 2.45) is 5.92 Å². The number of nitrogens with zero attached hydrogens (tertiary/aromatic N) is 6. The van der Waals surface area contributed by atoms with Gasteiger partial charge in [0.2, 0.25) is 0 Å². The van der Waals surface area contributed by atoms with E-state index in [0.717, 1.165) is 50.8 Å². The predicted molar refractivity (Wildman–Crippen MR) is 139 cm³/mol. The van der Waals surface area contributed by atoms with Crippen LogP contribution in [0.2, 0.25) is 0 Å². The number of carbonyl (C=O) groups excluding carboxylic acids is 1. The largest absolute Gasteiger partial charge is 0.449 e. The molecule has 2 fully saturated rings. The second-order valence-electron chi connectivity index (χ2n) is 9.47. The normalized spacial score (nSPS) is 17.1. The van der Waals surface area contributed by atoms with Gasteiger partial charge in [-0.25, -0.2) is 19.7 Å². The minimum absolute atomic E-state index is 0.220. The summed E-state index contributed by atoms with van der Waals surface area (Å²) in [5, 5.41) is 0. The number of fused-ring (bicyclic) bond motifs is 1. The summed E-state index contributed by atoms with van der Waals surface area (Å²) in [7, 11) is 0. The number of imidazole rings is 1. The lowest BCUT2D eigenvalue weighted by Crippen LogP contribution is -2.56. The molecule has 0 atom stereocenters. The maximum absolute atomic E-state index is 13.3. The van der Waals surface area contributed by atoms with E-state index < -0.39 is 6.09 Å². The molecule has 2 aliphatic heterocycles. The molecule has 5 rings (SSSR count). The van der Waals surface area contributed by atoms with Crippen molar-refractivity contribution in [3.05, 3.63) is 47.0 Å². The zero-order valence-electron chi connectivity index (χ0n) is 20.4. The van der Waals surface area contributed by atoms with Crippen LogP contribution in [-0.2, 0) is 9.47 Å². The number of carbonyl (C=O) groups is 1. The fourth-order valence-electron chi connectivity index (χ4n) is 4.42. The molecule has 35 heavy (non-hydrogen) atoms. The summed E-state index contributed by atoms with van der Waals surface area (Å²) >= 11 is 3.54. The molecule has 2 aromatic heterocycles. The van der Waals surface area contributed by atoms with E-state index in [1.54, 1.807) is 6.20 Å². The van der Waals surface area contributed by atoms with Gasteiger partial charge in [0.1, 0.15) is 4.60 Å². The van der Waals surface area contributed by atoms with Gasteiger partial charge in [0.15, 0.2) is 11.5 Å². The monoisotopic (exact) mass is 542 g/mol. The van der Waals surface area contributed by atoms with Crippen molar-refractivity contribution in [2.45, 2.75) is 26.8 Å². The second-order valence-corrected chi connectivity index (χ2v) is 10.2. The summed E-state index contributed by atoms with van der Waals surface area (Å²) < 4.78 is 13.5. The molecule has 3 aromatic rings. The highest BCUT2D eigenvalue weighted by atomic mass is 79.9. The average Bonchev–Trinajstić information content (AvgIpc) is 3.31. The summed E-state index contributed by atoms with van der Waals surface area (Å²) in [5.41, 5.74) is 3.31. The molecule has 1 amide bonds. The van der Waals surface area contributed by atoms with E-state index in [0.29, 0.717) is 34.4 Å². The van der Waals surface area contributed by atoms with Gasteiger partial charge < -0.3 is 14.4 Å². The maximum atomic E-state index is 13.3. The maximum Gasteiger partial charge on any atom is 0.420 e. The zero-order chi connectivity index (χ0) is 24.5. The molecule has 2 saturated heterocycles. The third kappa shape index (κ3) is 4.87. The molecule has 0 aliphatic carbocycles. The van der Waals surface area contributed by atoms with Crippen molar-refractivity contribution < 1.29 is 14.3 Å². The van der Waals surface area contributed by atoms with Crippen LogP contribution in [-0.4, -0.2) is 77.4 Å². The van der Waals surface area contributed by atoms with Gasteiger partial charge in [0.25, 0.3) is 0 Å². The van der Waals surface area contributed by atoms with Crippen molar-refractivity contribution in [3.8, 4) is 0 Å². The Balaban J connectivity index is 1.42. The van der Waals surface area contributed by atoms with Crippen molar-refractivity contribution in [3.63, 3.8) is 0 Å². The van der Waals surface area contributed by atoms with Gasteiger partial charge in [-0.2, -0.15) is 0 Å². The second kappa shape index (κ2) is 10.1. The Hall–Kier alpha value is -2.69. The van der Waals surface area contributed by atoms with Gasteiger partial charge >= 0.3 is 6.09 Å². The average molecular weight is 543 g/mol. The number of halogens is 1. The van der Waals surface area contributed by atoms with Gasteiger partial charge in [-0.05, 0) is 53.0 Å². The minimum atomic E-state index is -0.476. The smallest absolute Gasteiger partial charge is 0.420 e. The first-order chi connectivity index (χ1) is 16.9. The summed E-state index contributed by atoms with van der Waals surface area (Å²) in [4.78, 5) is 28.9. The molecule has 2 aliphatic rings. The van der Waals surface area contributed by atoms with Crippen molar-refractivity contribution in [1.82, 2.24) is 19.3 Å². The highest BCUT2D eigenvalue weighted by Gasteiger charge is 2.30. The van der Waals surface area contributed by atoms with Crippen LogP contribution < -0.4 is 9.80 Å². The Morgan fingerprint density at radius 2 is 1.91 bits per heavy atom. The van der Waals surface area contributed by atoms with Crippen LogP contribution in [0.15, 0.2) is 41.3 Å². The molecular formula is C25H31BrN6O3. The number of ether oxygens (including phenoxy) is 2. The van der Waals surface area contributed by atoms with Crippen LogP contribution in [0.3, 0.4) is 0 Å². The van der Waals surface area contributed by atoms with E-state index in [1.807, 2.05) is 43.5 Å². The molecule has 9 nitrogen and oxygen atoms in total. The quantitative estimate of drug-likeness (QED) is 0.460. The Morgan fingerprint density at radius 3 is 2.54 bits per heavy atom. The van der Waals surface area contributed by atoms with E-state index in [4.69, 9.17) is 9.47 Å². The topological polar surface area (TPSA) is 75.4 Å². The first-order valence-electron chi connectivity index (χ1n) is 12.0. The van der Waals surface area contributed by atoms with E-state index >= 15 is 0 Å².